The quantitative estimate of drug-likeness (QED) is 0.882. The molecule has 0 aliphatic heterocycles. The summed E-state index contributed by atoms with van der Waals surface area (Å²) < 4.78 is 2.20. The number of thioether (sulfide) groups is 1. The topological polar surface area (TPSA) is 55.1 Å². The molecule has 0 atom stereocenters. The Bertz CT molecular complexity index is 592. The van der Waals surface area contributed by atoms with Gasteiger partial charge in [-0.1, -0.05) is 13.0 Å². The molecular formula is C14H18N2O2S. The van der Waals surface area contributed by atoms with Gasteiger partial charge in [0.2, 0.25) is 0 Å². The number of aromatic nitrogens is 2. The van der Waals surface area contributed by atoms with Crippen LogP contribution in [0.25, 0.3) is 11.0 Å². The Balaban J connectivity index is 2.30. The van der Waals surface area contributed by atoms with Gasteiger partial charge in [-0.15, -0.1) is 11.8 Å². The number of fused-ring (bicyclic) bond motifs is 1. The molecule has 102 valence electrons. The van der Waals surface area contributed by atoms with E-state index in [0.717, 1.165) is 29.8 Å². The highest BCUT2D eigenvalue weighted by Crippen LogP contribution is 2.21. The van der Waals surface area contributed by atoms with Crippen LogP contribution in [-0.4, -0.2) is 26.4 Å². The molecule has 0 aliphatic carbocycles. The van der Waals surface area contributed by atoms with Gasteiger partial charge in [-0.25, -0.2) is 4.98 Å². The molecule has 1 aromatic heterocycles. The van der Waals surface area contributed by atoms with Crippen LogP contribution in [0.5, 0.6) is 0 Å². The van der Waals surface area contributed by atoms with Crippen LogP contribution in [0.4, 0.5) is 0 Å². The molecule has 2 aromatic rings. The van der Waals surface area contributed by atoms with E-state index in [-0.39, 0.29) is 5.75 Å². The smallest absolute Gasteiger partial charge is 0.313 e. The lowest BCUT2D eigenvalue weighted by molar-refractivity contribution is -0.133. The molecule has 4 nitrogen and oxygen atoms in total. The van der Waals surface area contributed by atoms with Crippen LogP contribution >= 0.6 is 11.8 Å². The highest BCUT2D eigenvalue weighted by atomic mass is 32.2. The molecule has 1 aromatic carbocycles. The van der Waals surface area contributed by atoms with Gasteiger partial charge in [-0.05, 0) is 31.0 Å². The molecule has 0 radical (unpaired) electrons. The van der Waals surface area contributed by atoms with Gasteiger partial charge in [0.1, 0.15) is 5.82 Å². The summed E-state index contributed by atoms with van der Waals surface area (Å²) in [5.74, 6) is 0.946. The lowest BCUT2D eigenvalue weighted by atomic mass is 10.2. The molecule has 0 spiro atoms. The van der Waals surface area contributed by atoms with Gasteiger partial charge in [-0.2, -0.15) is 0 Å². The van der Waals surface area contributed by atoms with Gasteiger partial charge in [0.05, 0.1) is 22.5 Å². The molecule has 0 saturated heterocycles. The lowest BCUT2D eigenvalue weighted by Crippen LogP contribution is -2.04. The SMILES string of the molecule is CCCn1c(CSCC(=O)O)nc2cc(C)ccc21. The van der Waals surface area contributed by atoms with Crippen LogP contribution < -0.4 is 0 Å². The molecule has 0 bridgehead atoms. The van der Waals surface area contributed by atoms with E-state index < -0.39 is 5.97 Å². The maximum absolute atomic E-state index is 10.6. The fourth-order valence-corrected chi connectivity index (χ4v) is 2.78. The summed E-state index contributed by atoms with van der Waals surface area (Å²) in [7, 11) is 0. The van der Waals surface area contributed by atoms with Crippen molar-refractivity contribution in [2.75, 3.05) is 5.75 Å². The van der Waals surface area contributed by atoms with Gasteiger partial charge in [0.15, 0.2) is 0 Å². The summed E-state index contributed by atoms with van der Waals surface area (Å²) in [6.07, 6.45) is 1.04. The molecule has 0 amide bonds. The maximum atomic E-state index is 10.6. The van der Waals surface area contributed by atoms with Crippen LogP contribution in [0.2, 0.25) is 0 Å². The van der Waals surface area contributed by atoms with Crippen molar-refractivity contribution >= 4 is 28.8 Å². The van der Waals surface area contributed by atoms with Crippen molar-refractivity contribution in [1.29, 1.82) is 0 Å². The fourth-order valence-electron chi connectivity index (χ4n) is 2.10. The first kappa shape index (κ1) is 13.9. The second-order valence-corrected chi connectivity index (χ2v) is 5.54. The Hall–Kier alpha value is -1.49. The Kier molecular flexibility index (Phi) is 4.47. The third-order valence-electron chi connectivity index (χ3n) is 2.89. The van der Waals surface area contributed by atoms with E-state index in [0.29, 0.717) is 5.75 Å². The first-order chi connectivity index (χ1) is 9.11. The number of aryl methyl sites for hydroxylation is 2. The van der Waals surface area contributed by atoms with Crippen LogP contribution in [0.15, 0.2) is 18.2 Å². The lowest BCUT2D eigenvalue weighted by Gasteiger charge is -2.07. The van der Waals surface area contributed by atoms with Crippen molar-refractivity contribution in [1.82, 2.24) is 9.55 Å². The zero-order valence-corrected chi connectivity index (χ0v) is 12.0. The molecule has 0 aliphatic rings. The number of carboxylic acid groups (broad SMARTS) is 1. The predicted octanol–water partition coefficient (Wildman–Crippen LogP) is 3.07. The zero-order valence-electron chi connectivity index (χ0n) is 11.2. The number of hydrogen-bond acceptors (Lipinski definition) is 3. The van der Waals surface area contributed by atoms with Crippen molar-refractivity contribution in [3.05, 3.63) is 29.6 Å². The number of carbonyl (C=O) groups is 1. The highest BCUT2D eigenvalue weighted by Gasteiger charge is 2.10. The summed E-state index contributed by atoms with van der Waals surface area (Å²) >= 11 is 1.39. The summed E-state index contributed by atoms with van der Waals surface area (Å²) in [6.45, 7) is 5.11. The van der Waals surface area contributed by atoms with Crippen molar-refractivity contribution in [3.63, 3.8) is 0 Å². The second-order valence-electron chi connectivity index (χ2n) is 4.56. The van der Waals surface area contributed by atoms with E-state index in [9.17, 15) is 4.79 Å². The van der Waals surface area contributed by atoms with Gasteiger partial charge >= 0.3 is 5.97 Å². The normalized spacial score (nSPS) is 11.1. The minimum atomic E-state index is -0.779. The van der Waals surface area contributed by atoms with Crippen LogP contribution in [0.3, 0.4) is 0 Å². The molecule has 0 saturated carbocycles. The zero-order chi connectivity index (χ0) is 13.8. The first-order valence-corrected chi connectivity index (χ1v) is 7.52. The number of aliphatic carboxylic acids is 1. The average Bonchev–Trinajstić information content (AvgIpc) is 2.67. The van der Waals surface area contributed by atoms with Crippen LogP contribution in [-0.2, 0) is 17.1 Å². The predicted molar refractivity (Wildman–Crippen MR) is 78.6 cm³/mol. The minimum Gasteiger partial charge on any atom is -0.481 e. The van der Waals surface area contributed by atoms with E-state index in [1.54, 1.807) is 0 Å². The standard InChI is InChI=1S/C14H18N2O2S/c1-3-6-16-12-5-4-10(2)7-11(12)15-13(16)8-19-9-14(17)18/h4-5,7H,3,6,8-9H2,1-2H3,(H,17,18). The number of benzene rings is 1. The largest absolute Gasteiger partial charge is 0.481 e. The monoisotopic (exact) mass is 278 g/mol. The highest BCUT2D eigenvalue weighted by molar-refractivity contribution is 7.99. The molecule has 19 heavy (non-hydrogen) atoms. The molecule has 1 heterocycles. The molecule has 1 N–H and O–H groups in total. The number of carboxylic acids is 1. The Morgan fingerprint density at radius 2 is 2.26 bits per heavy atom. The van der Waals surface area contributed by atoms with Crippen molar-refractivity contribution in [2.45, 2.75) is 32.6 Å². The number of hydrogen-bond donors (Lipinski definition) is 1. The fraction of sp³-hybridized carbons (Fsp3) is 0.429. The molecule has 0 fully saturated rings. The van der Waals surface area contributed by atoms with E-state index in [1.807, 2.05) is 0 Å². The summed E-state index contributed by atoms with van der Waals surface area (Å²) in [5.41, 5.74) is 3.33. The molecular weight excluding hydrogens is 260 g/mol. The Morgan fingerprint density at radius 3 is 2.95 bits per heavy atom. The van der Waals surface area contributed by atoms with E-state index in [1.165, 1.54) is 17.3 Å². The summed E-state index contributed by atoms with van der Waals surface area (Å²) in [5, 5.41) is 8.69. The number of imidazole rings is 1. The van der Waals surface area contributed by atoms with Gasteiger partial charge in [0.25, 0.3) is 0 Å². The van der Waals surface area contributed by atoms with Gasteiger partial charge in [-0.3, -0.25) is 4.79 Å². The van der Waals surface area contributed by atoms with Crippen molar-refractivity contribution < 1.29 is 9.90 Å². The maximum Gasteiger partial charge on any atom is 0.313 e. The first-order valence-electron chi connectivity index (χ1n) is 6.37. The van der Waals surface area contributed by atoms with Gasteiger partial charge in [0, 0.05) is 6.54 Å². The van der Waals surface area contributed by atoms with E-state index in [2.05, 4.69) is 41.6 Å². The van der Waals surface area contributed by atoms with Crippen molar-refractivity contribution in [2.24, 2.45) is 0 Å². The van der Waals surface area contributed by atoms with Gasteiger partial charge < -0.3 is 9.67 Å². The Labute approximate surface area is 116 Å². The van der Waals surface area contributed by atoms with Crippen LogP contribution in [0.1, 0.15) is 24.7 Å². The third-order valence-corrected chi connectivity index (χ3v) is 3.80. The number of rotatable bonds is 6. The third kappa shape index (κ3) is 3.29. The average molecular weight is 278 g/mol. The minimum absolute atomic E-state index is 0.119. The van der Waals surface area contributed by atoms with E-state index >= 15 is 0 Å². The summed E-state index contributed by atoms with van der Waals surface area (Å²) in [4.78, 5) is 15.2. The molecule has 2 rings (SSSR count). The van der Waals surface area contributed by atoms with Crippen LogP contribution in [0, 0.1) is 6.92 Å². The van der Waals surface area contributed by atoms with Crippen molar-refractivity contribution in [3.8, 4) is 0 Å². The molecule has 5 heteroatoms. The number of nitrogens with zero attached hydrogens (tertiary/aromatic N) is 2. The summed E-state index contributed by atoms with van der Waals surface area (Å²) in [6, 6.07) is 6.26. The van der Waals surface area contributed by atoms with E-state index in [4.69, 9.17) is 5.11 Å². The molecule has 0 unspecified atom stereocenters. The Morgan fingerprint density at radius 1 is 1.47 bits per heavy atom. The second kappa shape index (κ2) is 6.10.